The maximum absolute atomic E-state index is 11.3. The molecule has 6 nitrogen and oxygen atoms in total. The summed E-state index contributed by atoms with van der Waals surface area (Å²) in [6.07, 6.45) is 4.53. The molecular formula is C19H33IN4O2S. The fourth-order valence-electron chi connectivity index (χ4n) is 3.82. The Morgan fingerprint density at radius 3 is 2.44 bits per heavy atom. The summed E-state index contributed by atoms with van der Waals surface area (Å²) in [4.78, 5) is 6.93. The van der Waals surface area contributed by atoms with Crippen molar-refractivity contribution in [3.63, 3.8) is 0 Å². The molecule has 3 N–H and O–H groups in total. The number of sulfonamides is 1. The molecule has 27 heavy (non-hydrogen) atoms. The van der Waals surface area contributed by atoms with Crippen LogP contribution >= 0.6 is 24.0 Å². The average molecular weight is 508 g/mol. The Morgan fingerprint density at radius 2 is 1.93 bits per heavy atom. The molecule has 1 saturated heterocycles. The van der Waals surface area contributed by atoms with Gasteiger partial charge >= 0.3 is 0 Å². The second kappa shape index (κ2) is 11.2. The first-order valence-corrected chi connectivity index (χ1v) is 11.0. The van der Waals surface area contributed by atoms with Gasteiger partial charge in [0.05, 0.1) is 4.90 Å². The Hall–Kier alpha value is -0.870. The predicted molar refractivity (Wildman–Crippen MR) is 122 cm³/mol. The number of hydrogen-bond acceptors (Lipinski definition) is 3. The van der Waals surface area contributed by atoms with Gasteiger partial charge in [0.25, 0.3) is 0 Å². The number of hydrogen-bond donors (Lipinski definition) is 2. The highest BCUT2D eigenvalue weighted by atomic mass is 127. The highest BCUT2D eigenvalue weighted by molar-refractivity contribution is 14.0. The van der Waals surface area contributed by atoms with Crippen LogP contribution in [0.5, 0.6) is 0 Å². The number of halogens is 1. The van der Waals surface area contributed by atoms with E-state index in [1.165, 1.54) is 19.3 Å². The lowest BCUT2D eigenvalue weighted by Crippen LogP contribution is -2.41. The third-order valence-electron chi connectivity index (χ3n) is 5.40. The molecule has 0 bridgehead atoms. The lowest BCUT2D eigenvalue weighted by molar-refractivity contribution is 0.319. The van der Waals surface area contributed by atoms with Crippen LogP contribution in [0.1, 0.15) is 38.7 Å². The Bertz CT molecular complexity index is 703. The summed E-state index contributed by atoms with van der Waals surface area (Å²) in [5, 5.41) is 8.56. The Kier molecular flexibility index (Phi) is 10.0. The molecule has 0 amide bonds. The molecular weight excluding hydrogens is 475 g/mol. The van der Waals surface area contributed by atoms with Crippen LogP contribution in [-0.2, 0) is 16.4 Å². The van der Waals surface area contributed by atoms with Gasteiger partial charge in [-0.3, -0.25) is 4.99 Å². The fraction of sp³-hybridized carbons (Fsp3) is 0.632. The molecule has 0 radical (unpaired) electrons. The zero-order valence-electron chi connectivity index (χ0n) is 16.5. The quantitative estimate of drug-likeness (QED) is 0.337. The summed E-state index contributed by atoms with van der Waals surface area (Å²) < 4.78 is 22.6. The van der Waals surface area contributed by atoms with Crippen LogP contribution < -0.4 is 10.5 Å². The summed E-state index contributed by atoms with van der Waals surface area (Å²) in [5.74, 6) is 2.52. The largest absolute Gasteiger partial charge is 0.356 e. The molecule has 1 unspecified atom stereocenters. The van der Waals surface area contributed by atoms with Gasteiger partial charge in [-0.2, -0.15) is 0 Å². The summed E-state index contributed by atoms with van der Waals surface area (Å²) in [6.45, 7) is 7.46. The van der Waals surface area contributed by atoms with Crippen LogP contribution in [-0.4, -0.2) is 46.0 Å². The molecule has 1 aliphatic heterocycles. The molecule has 0 spiro atoms. The highest BCUT2D eigenvalue weighted by Crippen LogP contribution is 2.28. The van der Waals surface area contributed by atoms with Crippen LogP contribution in [0.15, 0.2) is 34.2 Å². The smallest absolute Gasteiger partial charge is 0.238 e. The summed E-state index contributed by atoms with van der Waals surface area (Å²) in [7, 11) is -1.80. The van der Waals surface area contributed by atoms with Crippen molar-refractivity contribution in [2.45, 2.75) is 44.4 Å². The molecule has 2 rings (SSSR count). The fourth-order valence-corrected chi connectivity index (χ4v) is 4.33. The van der Waals surface area contributed by atoms with Crippen LogP contribution in [0.25, 0.3) is 0 Å². The van der Waals surface area contributed by atoms with Crippen LogP contribution in [0.4, 0.5) is 0 Å². The van der Waals surface area contributed by atoms with Gasteiger partial charge in [-0.05, 0) is 42.4 Å². The minimum Gasteiger partial charge on any atom is -0.356 e. The molecule has 1 fully saturated rings. The third-order valence-corrected chi connectivity index (χ3v) is 6.33. The molecule has 0 aromatic heterocycles. The van der Waals surface area contributed by atoms with E-state index in [0.29, 0.717) is 0 Å². The van der Waals surface area contributed by atoms with E-state index in [-0.39, 0.29) is 28.9 Å². The topological polar surface area (TPSA) is 87.8 Å². The van der Waals surface area contributed by atoms with Gasteiger partial charge in [0.15, 0.2) is 5.96 Å². The van der Waals surface area contributed by atoms with Gasteiger partial charge in [-0.15, -0.1) is 24.0 Å². The van der Waals surface area contributed by atoms with Gasteiger partial charge in [0.2, 0.25) is 10.0 Å². The predicted octanol–water partition coefficient (Wildman–Crippen LogP) is 2.83. The first kappa shape index (κ1) is 24.2. The van der Waals surface area contributed by atoms with Crippen molar-refractivity contribution >= 4 is 40.0 Å². The van der Waals surface area contributed by atoms with Gasteiger partial charge < -0.3 is 10.2 Å². The SMILES string of the molecule is CCC(CC)C1CCN(C(=NC)NCCc2ccc(S(N)(=O)=O)cc2)C1.I. The normalized spacial score (nSPS) is 17.9. The maximum atomic E-state index is 11.3. The average Bonchev–Trinajstić information content (AvgIpc) is 3.09. The van der Waals surface area contributed by atoms with Crippen molar-refractivity contribution in [3.05, 3.63) is 29.8 Å². The molecule has 1 heterocycles. The lowest BCUT2D eigenvalue weighted by Gasteiger charge is -2.24. The lowest BCUT2D eigenvalue weighted by atomic mass is 9.87. The molecule has 1 atom stereocenters. The number of rotatable bonds is 7. The van der Waals surface area contributed by atoms with Crippen molar-refractivity contribution in [1.82, 2.24) is 10.2 Å². The van der Waals surface area contributed by atoms with E-state index in [1.54, 1.807) is 12.1 Å². The first-order valence-electron chi connectivity index (χ1n) is 9.46. The summed E-state index contributed by atoms with van der Waals surface area (Å²) in [6, 6.07) is 6.73. The zero-order valence-corrected chi connectivity index (χ0v) is 19.7. The molecule has 0 aliphatic carbocycles. The number of benzene rings is 1. The number of aliphatic imine (C=N–C) groups is 1. The monoisotopic (exact) mass is 508 g/mol. The molecule has 8 heteroatoms. The number of nitrogens with zero attached hydrogens (tertiary/aromatic N) is 2. The van der Waals surface area contributed by atoms with E-state index >= 15 is 0 Å². The number of primary sulfonamides is 1. The number of nitrogens with two attached hydrogens (primary N) is 1. The van der Waals surface area contributed by atoms with Gasteiger partial charge in [-0.25, -0.2) is 13.6 Å². The maximum Gasteiger partial charge on any atom is 0.238 e. The van der Waals surface area contributed by atoms with E-state index in [0.717, 1.165) is 49.4 Å². The molecule has 1 aromatic rings. The molecule has 0 saturated carbocycles. The molecule has 1 aromatic carbocycles. The van der Waals surface area contributed by atoms with E-state index in [4.69, 9.17) is 5.14 Å². The Labute approximate surface area is 181 Å². The Balaban J connectivity index is 0.00000364. The van der Waals surface area contributed by atoms with Crippen LogP contribution in [0, 0.1) is 11.8 Å². The van der Waals surface area contributed by atoms with Crippen molar-refractivity contribution in [3.8, 4) is 0 Å². The van der Waals surface area contributed by atoms with E-state index in [2.05, 4.69) is 29.1 Å². The van der Waals surface area contributed by atoms with Crippen LogP contribution in [0.3, 0.4) is 0 Å². The summed E-state index contributed by atoms with van der Waals surface area (Å²) >= 11 is 0. The Morgan fingerprint density at radius 1 is 1.30 bits per heavy atom. The second-order valence-corrected chi connectivity index (χ2v) is 8.55. The van der Waals surface area contributed by atoms with Gasteiger partial charge in [-0.1, -0.05) is 38.8 Å². The minimum absolute atomic E-state index is 0. The summed E-state index contributed by atoms with van der Waals surface area (Å²) in [5.41, 5.74) is 1.07. The highest BCUT2D eigenvalue weighted by Gasteiger charge is 2.29. The standard InChI is InChI=1S/C19H32N4O2S.HI/c1-4-16(5-2)17-11-13-23(14-17)19(21-3)22-12-10-15-6-8-18(9-7-15)26(20,24)25;/h6-9,16-17H,4-5,10-14H2,1-3H3,(H,21,22)(H2,20,24,25);1H. The van der Waals surface area contributed by atoms with Gasteiger partial charge in [0.1, 0.15) is 0 Å². The van der Waals surface area contributed by atoms with Crippen molar-refractivity contribution < 1.29 is 8.42 Å². The van der Waals surface area contributed by atoms with Crippen molar-refractivity contribution in [1.29, 1.82) is 0 Å². The number of likely N-dealkylation sites (tertiary alicyclic amines) is 1. The minimum atomic E-state index is -3.63. The first-order chi connectivity index (χ1) is 12.4. The van der Waals surface area contributed by atoms with E-state index < -0.39 is 10.0 Å². The number of nitrogens with one attached hydrogen (secondary N) is 1. The molecule has 154 valence electrons. The number of guanidine groups is 1. The second-order valence-electron chi connectivity index (χ2n) is 6.98. The van der Waals surface area contributed by atoms with Crippen molar-refractivity contribution in [2.75, 3.05) is 26.7 Å². The van der Waals surface area contributed by atoms with Crippen LogP contribution in [0.2, 0.25) is 0 Å². The van der Waals surface area contributed by atoms with Crippen molar-refractivity contribution in [2.24, 2.45) is 22.0 Å². The van der Waals surface area contributed by atoms with E-state index in [9.17, 15) is 8.42 Å². The zero-order chi connectivity index (χ0) is 19.2. The van der Waals surface area contributed by atoms with Gasteiger partial charge in [0, 0.05) is 26.7 Å². The third kappa shape index (κ3) is 6.90. The molecule has 1 aliphatic rings. The van der Waals surface area contributed by atoms with E-state index in [1.807, 2.05) is 19.2 Å².